The Labute approximate surface area is 140 Å². The number of aliphatic carboxylic acids is 1. The van der Waals surface area contributed by atoms with E-state index in [0.29, 0.717) is 24.8 Å². The van der Waals surface area contributed by atoms with Gasteiger partial charge in [-0.2, -0.15) is 4.31 Å². The molecule has 0 spiro atoms. The van der Waals surface area contributed by atoms with Crippen LogP contribution < -0.4 is 0 Å². The average molecular weight is 353 g/mol. The Morgan fingerprint density at radius 1 is 1.29 bits per heavy atom. The molecular formula is C16H19NO6S. The van der Waals surface area contributed by atoms with Crippen molar-refractivity contribution in [2.75, 3.05) is 7.11 Å². The van der Waals surface area contributed by atoms with Gasteiger partial charge in [0.05, 0.1) is 23.5 Å². The second-order valence-electron chi connectivity index (χ2n) is 6.23. The predicted octanol–water partition coefficient (Wildman–Crippen LogP) is 1.41. The van der Waals surface area contributed by atoms with E-state index in [0.717, 1.165) is 0 Å². The van der Waals surface area contributed by atoms with E-state index in [1.165, 1.54) is 29.6 Å². The number of sulfonamides is 1. The lowest BCUT2D eigenvalue weighted by molar-refractivity contribution is -0.142. The normalized spacial score (nSPS) is 26.5. The van der Waals surface area contributed by atoms with Crippen LogP contribution in [-0.4, -0.2) is 49.0 Å². The first-order chi connectivity index (χ1) is 11.3. The van der Waals surface area contributed by atoms with Gasteiger partial charge in [0.1, 0.15) is 0 Å². The van der Waals surface area contributed by atoms with Gasteiger partial charge in [0.15, 0.2) is 0 Å². The first-order valence-corrected chi connectivity index (χ1v) is 9.17. The number of carbonyl (C=O) groups is 2. The number of methoxy groups -OCH3 is 1. The lowest BCUT2D eigenvalue weighted by Gasteiger charge is -2.23. The van der Waals surface area contributed by atoms with Crippen LogP contribution in [0.3, 0.4) is 0 Å². The third-order valence-electron chi connectivity index (χ3n) is 5.03. The van der Waals surface area contributed by atoms with Crippen molar-refractivity contribution >= 4 is 22.0 Å². The van der Waals surface area contributed by atoms with E-state index in [-0.39, 0.29) is 16.5 Å². The number of hydrogen-bond donors (Lipinski definition) is 1. The zero-order valence-electron chi connectivity index (χ0n) is 13.4. The Morgan fingerprint density at radius 2 is 2.00 bits per heavy atom. The molecule has 1 aromatic carbocycles. The van der Waals surface area contributed by atoms with Gasteiger partial charge in [0, 0.05) is 12.1 Å². The third kappa shape index (κ3) is 2.41. The van der Waals surface area contributed by atoms with Crippen molar-refractivity contribution in [1.29, 1.82) is 0 Å². The summed E-state index contributed by atoms with van der Waals surface area (Å²) in [5.41, 5.74) is 0.516. The van der Waals surface area contributed by atoms with Gasteiger partial charge in [0.25, 0.3) is 0 Å². The molecule has 0 saturated carbocycles. The molecule has 2 aliphatic heterocycles. The van der Waals surface area contributed by atoms with Crippen LogP contribution in [0.4, 0.5) is 0 Å². The van der Waals surface area contributed by atoms with E-state index in [1.807, 2.05) is 0 Å². The summed E-state index contributed by atoms with van der Waals surface area (Å²) >= 11 is 0. The Morgan fingerprint density at radius 3 is 2.58 bits per heavy atom. The summed E-state index contributed by atoms with van der Waals surface area (Å²) in [4.78, 5) is 23.2. The highest BCUT2D eigenvalue weighted by Crippen LogP contribution is 2.45. The average Bonchev–Trinajstić information content (AvgIpc) is 3.13. The molecule has 3 atom stereocenters. The van der Waals surface area contributed by atoms with Crippen molar-refractivity contribution in [2.24, 2.45) is 5.92 Å². The summed E-state index contributed by atoms with van der Waals surface area (Å²) in [6.07, 6.45) is 1.56. The van der Waals surface area contributed by atoms with Gasteiger partial charge in [-0.3, -0.25) is 4.79 Å². The van der Waals surface area contributed by atoms with Crippen LogP contribution in [0.2, 0.25) is 0 Å². The second kappa shape index (κ2) is 5.86. The number of carboxylic acid groups (broad SMARTS) is 1. The molecule has 0 aromatic heterocycles. The quantitative estimate of drug-likeness (QED) is 0.821. The van der Waals surface area contributed by atoms with Crippen molar-refractivity contribution < 1.29 is 27.9 Å². The van der Waals surface area contributed by atoms with Gasteiger partial charge in [0.2, 0.25) is 10.0 Å². The third-order valence-corrected chi connectivity index (χ3v) is 7.16. The van der Waals surface area contributed by atoms with E-state index in [2.05, 4.69) is 4.74 Å². The molecule has 2 heterocycles. The van der Waals surface area contributed by atoms with Crippen LogP contribution in [0, 0.1) is 12.8 Å². The lowest BCUT2D eigenvalue weighted by atomic mass is 9.89. The van der Waals surface area contributed by atoms with Crippen LogP contribution >= 0.6 is 0 Å². The van der Waals surface area contributed by atoms with E-state index in [4.69, 9.17) is 0 Å². The predicted molar refractivity (Wildman–Crippen MR) is 84.1 cm³/mol. The summed E-state index contributed by atoms with van der Waals surface area (Å²) in [6.45, 7) is 1.56. The molecule has 1 aromatic rings. The summed E-state index contributed by atoms with van der Waals surface area (Å²) in [5, 5.41) is 9.31. The molecule has 8 heteroatoms. The summed E-state index contributed by atoms with van der Waals surface area (Å²) < 4.78 is 32.3. The fourth-order valence-corrected chi connectivity index (χ4v) is 6.08. The van der Waals surface area contributed by atoms with E-state index < -0.39 is 33.9 Å². The molecule has 2 saturated heterocycles. The van der Waals surface area contributed by atoms with Crippen molar-refractivity contribution in [3.8, 4) is 0 Å². The Kier molecular flexibility index (Phi) is 4.13. The fourth-order valence-electron chi connectivity index (χ4n) is 3.92. The van der Waals surface area contributed by atoms with E-state index in [9.17, 15) is 23.1 Å². The molecular weight excluding hydrogens is 334 g/mol. The summed E-state index contributed by atoms with van der Waals surface area (Å²) in [6, 6.07) is 3.66. The van der Waals surface area contributed by atoms with Gasteiger partial charge >= 0.3 is 11.9 Å². The molecule has 7 nitrogen and oxygen atoms in total. The fraction of sp³-hybridized carbons (Fsp3) is 0.500. The van der Waals surface area contributed by atoms with Gasteiger partial charge in [-0.25, -0.2) is 13.2 Å². The Balaban J connectivity index is 2.04. The van der Waals surface area contributed by atoms with Gasteiger partial charge in [-0.1, -0.05) is 6.07 Å². The molecule has 0 radical (unpaired) electrons. The molecule has 1 N–H and O–H groups in total. The zero-order chi connectivity index (χ0) is 17.6. The van der Waals surface area contributed by atoms with E-state index >= 15 is 0 Å². The Hall–Kier alpha value is -1.93. The van der Waals surface area contributed by atoms with Crippen molar-refractivity contribution in [2.45, 2.75) is 43.2 Å². The van der Waals surface area contributed by atoms with Crippen LogP contribution in [0.5, 0.6) is 0 Å². The minimum Gasteiger partial charge on any atom is -0.481 e. The number of hydrogen-bond acceptors (Lipinski definition) is 5. The minimum atomic E-state index is -3.87. The number of nitrogens with zero attached hydrogens (tertiary/aromatic N) is 1. The number of fused-ring (bicyclic) bond motifs is 2. The van der Waals surface area contributed by atoms with E-state index in [1.54, 1.807) is 6.92 Å². The van der Waals surface area contributed by atoms with Gasteiger partial charge in [-0.05, 0) is 43.9 Å². The summed E-state index contributed by atoms with van der Waals surface area (Å²) in [5.74, 6) is -2.22. The molecule has 0 aliphatic carbocycles. The van der Waals surface area contributed by atoms with Crippen LogP contribution in [-0.2, 0) is 19.6 Å². The molecule has 2 bridgehead atoms. The Bertz CT molecular complexity index is 803. The first kappa shape index (κ1) is 16.9. The van der Waals surface area contributed by atoms with Crippen molar-refractivity contribution in [1.82, 2.24) is 4.31 Å². The minimum absolute atomic E-state index is 0.0355. The molecule has 3 unspecified atom stereocenters. The van der Waals surface area contributed by atoms with Crippen molar-refractivity contribution in [3.05, 3.63) is 29.3 Å². The van der Waals surface area contributed by atoms with Crippen LogP contribution in [0.25, 0.3) is 0 Å². The smallest absolute Gasteiger partial charge is 0.338 e. The number of esters is 1. The largest absolute Gasteiger partial charge is 0.481 e. The first-order valence-electron chi connectivity index (χ1n) is 7.73. The molecule has 2 fully saturated rings. The molecule has 130 valence electrons. The molecule has 2 aliphatic rings. The number of carboxylic acids is 1. The highest BCUT2D eigenvalue weighted by atomic mass is 32.2. The lowest BCUT2D eigenvalue weighted by Crippen LogP contribution is -2.38. The SMILES string of the molecule is COC(=O)c1cccc(S(=O)(=O)N2C3CCC2C(C(=O)O)C3)c1C. The number of carbonyl (C=O) groups excluding carboxylic acids is 1. The number of benzene rings is 1. The van der Waals surface area contributed by atoms with Crippen molar-refractivity contribution in [3.63, 3.8) is 0 Å². The molecule has 0 amide bonds. The standard InChI is InChI=1S/C16H19NO6S/c1-9-11(16(20)23-2)4-3-5-14(9)24(21,22)17-10-6-7-13(17)12(8-10)15(18)19/h3-5,10,12-13H,6-8H2,1-2H3,(H,18,19). The van der Waals surface area contributed by atoms with Crippen LogP contribution in [0.15, 0.2) is 23.1 Å². The maximum absolute atomic E-state index is 13.1. The highest BCUT2D eigenvalue weighted by molar-refractivity contribution is 7.89. The van der Waals surface area contributed by atoms with Gasteiger partial charge < -0.3 is 9.84 Å². The maximum Gasteiger partial charge on any atom is 0.338 e. The zero-order valence-corrected chi connectivity index (χ0v) is 14.2. The number of rotatable bonds is 4. The highest BCUT2D eigenvalue weighted by Gasteiger charge is 2.54. The maximum atomic E-state index is 13.1. The monoisotopic (exact) mass is 353 g/mol. The topological polar surface area (TPSA) is 101 Å². The van der Waals surface area contributed by atoms with Gasteiger partial charge in [-0.15, -0.1) is 0 Å². The second-order valence-corrected chi connectivity index (χ2v) is 8.05. The molecule has 24 heavy (non-hydrogen) atoms. The molecule has 3 rings (SSSR count). The van der Waals surface area contributed by atoms with Crippen LogP contribution in [0.1, 0.15) is 35.2 Å². The number of ether oxygens (including phenoxy) is 1. The summed E-state index contributed by atoms with van der Waals surface area (Å²) in [7, 11) is -2.64.